The average molecular weight is 375 g/mol. The van der Waals surface area contributed by atoms with Crippen molar-refractivity contribution < 1.29 is 8.42 Å². The zero-order chi connectivity index (χ0) is 19.3. The monoisotopic (exact) mass is 375 g/mol. The summed E-state index contributed by atoms with van der Waals surface area (Å²) in [6, 6.07) is 24.0. The first-order valence-electron chi connectivity index (χ1n) is 8.66. The molecule has 3 rings (SSSR count). The van der Waals surface area contributed by atoms with E-state index < -0.39 is 10.0 Å². The minimum absolute atomic E-state index is 0.185. The summed E-state index contributed by atoms with van der Waals surface area (Å²) in [7, 11) is -3.80. The lowest BCUT2D eigenvalue weighted by Gasteiger charge is -2.04. The smallest absolute Gasteiger partial charge is 0.199 e. The second-order valence-corrected chi connectivity index (χ2v) is 7.98. The SMILES string of the molecule is Cc1ccc(/C=C/C(=N/S(=O)(=O)c2ccc(C)cc2)c2ccccc2)cc1. The molecule has 0 fully saturated rings. The zero-order valence-corrected chi connectivity index (χ0v) is 16.1. The molecule has 0 N–H and O–H groups in total. The molecule has 0 atom stereocenters. The third-order valence-corrected chi connectivity index (χ3v) is 5.42. The van der Waals surface area contributed by atoms with Gasteiger partial charge in [0.2, 0.25) is 0 Å². The van der Waals surface area contributed by atoms with Crippen molar-refractivity contribution in [2.24, 2.45) is 4.40 Å². The van der Waals surface area contributed by atoms with Crippen molar-refractivity contribution in [2.75, 3.05) is 0 Å². The van der Waals surface area contributed by atoms with Crippen LogP contribution < -0.4 is 0 Å². The first-order valence-corrected chi connectivity index (χ1v) is 10.1. The van der Waals surface area contributed by atoms with Crippen LogP contribution in [0.5, 0.6) is 0 Å². The summed E-state index contributed by atoms with van der Waals surface area (Å²) in [5.41, 5.74) is 4.30. The van der Waals surface area contributed by atoms with E-state index in [1.165, 1.54) is 5.56 Å². The molecular weight excluding hydrogens is 354 g/mol. The van der Waals surface area contributed by atoms with Gasteiger partial charge >= 0.3 is 0 Å². The molecule has 0 unspecified atom stereocenters. The van der Waals surface area contributed by atoms with Crippen LogP contribution in [0.15, 0.2) is 94.2 Å². The summed E-state index contributed by atoms with van der Waals surface area (Å²) in [5.74, 6) is 0. The zero-order valence-electron chi connectivity index (χ0n) is 15.3. The number of benzene rings is 3. The Morgan fingerprint density at radius 3 is 1.93 bits per heavy atom. The Balaban J connectivity index is 2.03. The van der Waals surface area contributed by atoms with Gasteiger partial charge in [0.05, 0.1) is 10.6 Å². The highest BCUT2D eigenvalue weighted by Gasteiger charge is 2.14. The van der Waals surface area contributed by atoms with Gasteiger partial charge in [0.15, 0.2) is 0 Å². The highest BCUT2D eigenvalue weighted by atomic mass is 32.2. The molecule has 3 aromatic carbocycles. The maximum absolute atomic E-state index is 12.8. The Kier molecular flexibility index (Phi) is 5.67. The van der Waals surface area contributed by atoms with Gasteiger partial charge in [0, 0.05) is 5.56 Å². The van der Waals surface area contributed by atoms with E-state index in [9.17, 15) is 8.42 Å². The molecule has 0 radical (unpaired) electrons. The fourth-order valence-corrected chi connectivity index (χ4v) is 3.54. The van der Waals surface area contributed by atoms with Crippen LogP contribution >= 0.6 is 0 Å². The summed E-state index contributed by atoms with van der Waals surface area (Å²) in [6.07, 6.45) is 3.61. The van der Waals surface area contributed by atoms with Crippen molar-refractivity contribution in [1.29, 1.82) is 0 Å². The molecule has 0 aromatic heterocycles. The highest BCUT2D eigenvalue weighted by molar-refractivity contribution is 7.90. The number of nitrogens with zero attached hydrogens (tertiary/aromatic N) is 1. The molecule has 0 saturated heterocycles. The van der Waals surface area contributed by atoms with Crippen molar-refractivity contribution in [1.82, 2.24) is 0 Å². The standard InChI is InChI=1S/C23H21NO2S/c1-18-8-12-20(13-9-18)14-17-23(21-6-4-3-5-7-21)24-27(25,26)22-15-10-19(2)11-16-22/h3-17H,1-2H3/b17-14+,24-23-. The topological polar surface area (TPSA) is 46.5 Å². The molecule has 0 spiro atoms. The van der Waals surface area contributed by atoms with Gasteiger partial charge in [-0.25, -0.2) is 0 Å². The normalized spacial score (nSPS) is 12.4. The van der Waals surface area contributed by atoms with Crippen molar-refractivity contribution in [3.8, 4) is 0 Å². The van der Waals surface area contributed by atoms with Crippen LogP contribution in [0.1, 0.15) is 22.3 Å². The summed E-state index contributed by atoms with van der Waals surface area (Å²) >= 11 is 0. The molecule has 0 aliphatic rings. The largest absolute Gasteiger partial charge is 0.282 e. The highest BCUT2D eigenvalue weighted by Crippen LogP contribution is 2.16. The molecule has 3 aromatic rings. The van der Waals surface area contributed by atoms with Crippen molar-refractivity contribution in [3.63, 3.8) is 0 Å². The Labute approximate surface area is 160 Å². The lowest BCUT2D eigenvalue weighted by molar-refractivity contribution is 0.598. The van der Waals surface area contributed by atoms with Crippen LogP contribution in [0.4, 0.5) is 0 Å². The van der Waals surface area contributed by atoms with Crippen LogP contribution in [0.25, 0.3) is 6.08 Å². The summed E-state index contributed by atoms with van der Waals surface area (Å²) in [5, 5.41) is 0. The van der Waals surface area contributed by atoms with Crippen LogP contribution in [0, 0.1) is 13.8 Å². The first kappa shape index (κ1) is 18.8. The molecule has 0 heterocycles. The predicted octanol–water partition coefficient (Wildman–Crippen LogP) is 5.19. The Hall–Kier alpha value is -2.98. The maximum Gasteiger partial charge on any atom is 0.282 e. The Bertz CT molecular complexity index is 1060. The van der Waals surface area contributed by atoms with E-state index in [1.54, 1.807) is 30.3 Å². The second kappa shape index (κ2) is 8.14. The van der Waals surface area contributed by atoms with Gasteiger partial charge in [-0.1, -0.05) is 83.9 Å². The van der Waals surface area contributed by atoms with E-state index in [4.69, 9.17) is 0 Å². The van der Waals surface area contributed by atoms with Crippen molar-refractivity contribution in [3.05, 3.63) is 107 Å². The second-order valence-electron chi connectivity index (χ2n) is 6.37. The van der Waals surface area contributed by atoms with Crippen LogP contribution in [-0.4, -0.2) is 14.1 Å². The summed E-state index contributed by atoms with van der Waals surface area (Å²) in [6.45, 7) is 3.94. The molecule has 0 amide bonds. The number of aryl methyl sites for hydroxylation is 2. The summed E-state index contributed by atoms with van der Waals surface area (Å²) in [4.78, 5) is 0.185. The summed E-state index contributed by atoms with van der Waals surface area (Å²) < 4.78 is 29.6. The molecule has 0 bridgehead atoms. The van der Waals surface area contributed by atoms with Gasteiger partial charge in [-0.2, -0.15) is 12.8 Å². The maximum atomic E-state index is 12.8. The molecule has 0 aliphatic carbocycles. The fraction of sp³-hybridized carbons (Fsp3) is 0.0870. The minimum Gasteiger partial charge on any atom is -0.199 e. The van der Waals surface area contributed by atoms with Gasteiger partial charge in [-0.15, -0.1) is 0 Å². The van der Waals surface area contributed by atoms with Crippen LogP contribution in [-0.2, 0) is 10.0 Å². The number of hydrogen-bond acceptors (Lipinski definition) is 2. The van der Waals surface area contributed by atoms with E-state index >= 15 is 0 Å². The fourth-order valence-electron chi connectivity index (χ4n) is 2.53. The molecule has 0 aliphatic heterocycles. The van der Waals surface area contributed by atoms with Gasteiger partial charge in [-0.05, 0) is 37.6 Å². The lowest BCUT2D eigenvalue weighted by atomic mass is 10.1. The van der Waals surface area contributed by atoms with Gasteiger partial charge in [0.25, 0.3) is 10.0 Å². The third-order valence-electron chi connectivity index (χ3n) is 4.12. The molecule has 4 heteroatoms. The number of sulfonamides is 1. The molecule has 27 heavy (non-hydrogen) atoms. The number of hydrogen-bond donors (Lipinski definition) is 0. The van der Waals surface area contributed by atoms with Crippen molar-refractivity contribution in [2.45, 2.75) is 18.7 Å². The first-order chi connectivity index (χ1) is 12.9. The van der Waals surface area contributed by atoms with E-state index in [2.05, 4.69) is 4.40 Å². The predicted molar refractivity (Wildman–Crippen MR) is 112 cm³/mol. The number of rotatable bonds is 5. The molecular formula is C23H21NO2S. The molecule has 0 saturated carbocycles. The van der Waals surface area contributed by atoms with Gasteiger partial charge in [-0.3, -0.25) is 0 Å². The number of allylic oxidation sites excluding steroid dienone is 1. The van der Waals surface area contributed by atoms with E-state index in [-0.39, 0.29) is 4.90 Å². The van der Waals surface area contributed by atoms with Crippen molar-refractivity contribution >= 4 is 21.8 Å². The van der Waals surface area contributed by atoms with E-state index in [0.29, 0.717) is 5.71 Å². The average Bonchev–Trinajstić information content (AvgIpc) is 2.67. The third kappa shape index (κ3) is 5.02. The lowest BCUT2D eigenvalue weighted by Crippen LogP contribution is -2.04. The molecule has 136 valence electrons. The quantitative estimate of drug-likeness (QED) is 0.576. The minimum atomic E-state index is -3.80. The molecule has 3 nitrogen and oxygen atoms in total. The van der Waals surface area contributed by atoms with E-state index in [0.717, 1.165) is 16.7 Å². The Morgan fingerprint density at radius 2 is 1.33 bits per heavy atom. The van der Waals surface area contributed by atoms with E-state index in [1.807, 2.05) is 74.5 Å². The van der Waals surface area contributed by atoms with Gasteiger partial charge < -0.3 is 0 Å². The van der Waals surface area contributed by atoms with Gasteiger partial charge in [0.1, 0.15) is 0 Å². The Morgan fingerprint density at radius 1 is 0.778 bits per heavy atom. The van der Waals surface area contributed by atoms with Crippen LogP contribution in [0.2, 0.25) is 0 Å². The van der Waals surface area contributed by atoms with Crippen LogP contribution in [0.3, 0.4) is 0 Å².